The highest BCUT2D eigenvalue weighted by Gasteiger charge is 2.14. The monoisotopic (exact) mass is 359 g/mol. The average Bonchev–Trinajstić information content (AvgIpc) is 3.09. The van der Waals surface area contributed by atoms with Crippen LogP contribution in [-0.2, 0) is 18.4 Å². The zero-order valence-electron chi connectivity index (χ0n) is 13.4. The second-order valence-electron chi connectivity index (χ2n) is 5.39. The van der Waals surface area contributed by atoms with E-state index in [9.17, 15) is 9.59 Å². The Kier molecular flexibility index (Phi) is 5.01. The van der Waals surface area contributed by atoms with Gasteiger partial charge in [-0.15, -0.1) is 11.3 Å². The van der Waals surface area contributed by atoms with Gasteiger partial charge in [0.15, 0.2) is 5.16 Å². The van der Waals surface area contributed by atoms with E-state index in [0.717, 1.165) is 4.88 Å². The fourth-order valence-electron chi connectivity index (χ4n) is 2.29. The molecule has 0 saturated carbocycles. The Hall–Kier alpha value is -2.12. The van der Waals surface area contributed by atoms with E-state index in [1.165, 1.54) is 16.3 Å². The van der Waals surface area contributed by atoms with Crippen LogP contribution in [0.5, 0.6) is 0 Å². The first-order valence-corrected chi connectivity index (χ1v) is 9.27. The number of nitrogens with zero attached hydrogens (tertiary/aromatic N) is 3. The summed E-state index contributed by atoms with van der Waals surface area (Å²) in [6.45, 7) is 0.598. The van der Waals surface area contributed by atoms with E-state index < -0.39 is 0 Å². The van der Waals surface area contributed by atoms with Crippen LogP contribution in [0.4, 0.5) is 0 Å². The van der Waals surface area contributed by atoms with Crippen molar-refractivity contribution >= 4 is 39.9 Å². The van der Waals surface area contributed by atoms with Crippen molar-refractivity contribution in [2.24, 2.45) is 7.05 Å². The highest BCUT2D eigenvalue weighted by molar-refractivity contribution is 7.99. The van der Waals surface area contributed by atoms with Gasteiger partial charge in [0, 0.05) is 19.0 Å². The number of fused-ring (bicyclic) bond motifs is 1. The summed E-state index contributed by atoms with van der Waals surface area (Å²) in [6.07, 6.45) is 0. The van der Waals surface area contributed by atoms with Crippen LogP contribution in [0.1, 0.15) is 4.88 Å². The number of carbonyl (C=O) groups is 1. The Bertz CT molecular complexity index is 919. The summed E-state index contributed by atoms with van der Waals surface area (Å²) in [5, 5.41) is 3.14. The zero-order chi connectivity index (χ0) is 17.1. The summed E-state index contributed by atoms with van der Waals surface area (Å²) in [4.78, 5) is 32.0. The van der Waals surface area contributed by atoms with E-state index in [0.29, 0.717) is 22.6 Å². The number of thiophene rings is 1. The van der Waals surface area contributed by atoms with Crippen molar-refractivity contribution < 1.29 is 4.79 Å². The van der Waals surface area contributed by atoms with Crippen LogP contribution in [0.3, 0.4) is 0 Å². The van der Waals surface area contributed by atoms with E-state index in [2.05, 4.69) is 4.98 Å². The number of hydrogen-bond acceptors (Lipinski definition) is 5. The molecule has 0 bridgehead atoms. The molecule has 0 fully saturated rings. The third-order valence-electron chi connectivity index (χ3n) is 3.67. The lowest BCUT2D eigenvalue weighted by Gasteiger charge is -2.16. The fraction of sp³-hybridized carbons (Fsp3) is 0.235. The van der Waals surface area contributed by atoms with Crippen LogP contribution in [0, 0.1) is 0 Å². The van der Waals surface area contributed by atoms with Gasteiger partial charge in [-0.3, -0.25) is 14.2 Å². The van der Waals surface area contributed by atoms with Crippen molar-refractivity contribution in [3.05, 3.63) is 57.0 Å². The largest absolute Gasteiger partial charge is 0.340 e. The molecule has 5 nitrogen and oxygen atoms in total. The number of rotatable bonds is 5. The molecular weight excluding hydrogens is 342 g/mol. The first-order chi connectivity index (χ1) is 11.6. The topological polar surface area (TPSA) is 55.2 Å². The maximum atomic E-state index is 12.4. The minimum absolute atomic E-state index is 0.0100. The second kappa shape index (κ2) is 7.19. The lowest BCUT2D eigenvalue weighted by Crippen LogP contribution is -2.28. The normalized spacial score (nSPS) is 10.9. The van der Waals surface area contributed by atoms with E-state index in [1.54, 1.807) is 36.4 Å². The Morgan fingerprint density at radius 2 is 2.08 bits per heavy atom. The Balaban J connectivity index is 1.72. The summed E-state index contributed by atoms with van der Waals surface area (Å²) in [6, 6.07) is 11.2. The van der Waals surface area contributed by atoms with Crippen LogP contribution in [0.25, 0.3) is 10.9 Å². The summed E-state index contributed by atoms with van der Waals surface area (Å²) < 4.78 is 1.50. The molecular formula is C17H17N3O2S2. The molecule has 7 heteroatoms. The van der Waals surface area contributed by atoms with Crippen molar-refractivity contribution in [2.75, 3.05) is 12.8 Å². The second-order valence-corrected chi connectivity index (χ2v) is 7.37. The molecule has 1 amide bonds. The summed E-state index contributed by atoms with van der Waals surface area (Å²) in [5.41, 5.74) is 0.560. The SMILES string of the molecule is CN(Cc1cccs1)C(=O)CSc1nc2ccccc2c(=O)n1C. The minimum Gasteiger partial charge on any atom is -0.340 e. The minimum atomic E-state index is -0.0949. The van der Waals surface area contributed by atoms with Gasteiger partial charge in [-0.05, 0) is 23.6 Å². The smallest absolute Gasteiger partial charge is 0.261 e. The number of thioether (sulfide) groups is 1. The quantitative estimate of drug-likeness (QED) is 0.519. The number of amides is 1. The molecule has 0 unspecified atom stereocenters. The molecule has 0 spiro atoms. The lowest BCUT2D eigenvalue weighted by atomic mass is 10.2. The van der Waals surface area contributed by atoms with Crippen molar-refractivity contribution in [3.63, 3.8) is 0 Å². The van der Waals surface area contributed by atoms with Crippen molar-refractivity contribution in [2.45, 2.75) is 11.7 Å². The standard InChI is InChI=1S/C17H17N3O2S2/c1-19(10-12-6-5-9-23-12)15(21)11-24-17-18-14-8-4-3-7-13(14)16(22)20(17)2/h3-9H,10-11H2,1-2H3. The number of benzene rings is 1. The fourth-order valence-corrected chi connectivity index (χ4v) is 3.96. The van der Waals surface area contributed by atoms with Crippen LogP contribution in [-0.4, -0.2) is 33.2 Å². The molecule has 2 aromatic heterocycles. The predicted molar refractivity (Wildman–Crippen MR) is 98.5 cm³/mol. The van der Waals surface area contributed by atoms with Crippen LogP contribution in [0.2, 0.25) is 0 Å². The summed E-state index contributed by atoms with van der Waals surface area (Å²) >= 11 is 2.92. The van der Waals surface area contributed by atoms with Gasteiger partial charge in [0.1, 0.15) is 0 Å². The lowest BCUT2D eigenvalue weighted by molar-refractivity contribution is -0.127. The van der Waals surface area contributed by atoms with Gasteiger partial charge in [0.2, 0.25) is 5.91 Å². The molecule has 1 aromatic carbocycles. The van der Waals surface area contributed by atoms with Gasteiger partial charge >= 0.3 is 0 Å². The van der Waals surface area contributed by atoms with E-state index in [1.807, 2.05) is 35.7 Å². The van der Waals surface area contributed by atoms with E-state index in [4.69, 9.17) is 0 Å². The van der Waals surface area contributed by atoms with Gasteiger partial charge in [0.05, 0.1) is 23.2 Å². The predicted octanol–water partition coefficient (Wildman–Crippen LogP) is 2.75. The molecule has 0 aliphatic heterocycles. The highest BCUT2D eigenvalue weighted by atomic mass is 32.2. The number of aromatic nitrogens is 2. The number of hydrogen-bond donors (Lipinski definition) is 0. The number of carbonyl (C=O) groups excluding carboxylic acids is 1. The highest BCUT2D eigenvalue weighted by Crippen LogP contribution is 2.18. The summed E-state index contributed by atoms with van der Waals surface area (Å²) in [5.74, 6) is 0.260. The van der Waals surface area contributed by atoms with Crippen molar-refractivity contribution in [1.82, 2.24) is 14.5 Å². The first kappa shape index (κ1) is 16.7. The molecule has 0 aliphatic carbocycles. The maximum absolute atomic E-state index is 12.4. The van der Waals surface area contributed by atoms with Crippen LogP contribution < -0.4 is 5.56 Å². The Labute approximate surface area is 147 Å². The molecule has 3 rings (SSSR count). The van der Waals surface area contributed by atoms with Crippen LogP contribution >= 0.6 is 23.1 Å². The summed E-state index contributed by atoms with van der Waals surface area (Å²) in [7, 11) is 3.47. The van der Waals surface area contributed by atoms with Gasteiger partial charge in [-0.2, -0.15) is 0 Å². The van der Waals surface area contributed by atoms with Crippen molar-refractivity contribution in [3.8, 4) is 0 Å². The molecule has 24 heavy (non-hydrogen) atoms. The molecule has 0 radical (unpaired) electrons. The molecule has 0 aliphatic rings. The maximum Gasteiger partial charge on any atom is 0.261 e. The van der Waals surface area contributed by atoms with Crippen molar-refractivity contribution in [1.29, 1.82) is 0 Å². The molecule has 3 aromatic rings. The third-order valence-corrected chi connectivity index (χ3v) is 5.54. The molecule has 124 valence electrons. The molecule has 2 heterocycles. The zero-order valence-corrected chi connectivity index (χ0v) is 15.1. The molecule has 0 atom stereocenters. The van der Waals surface area contributed by atoms with Gasteiger partial charge in [-0.1, -0.05) is 30.0 Å². The van der Waals surface area contributed by atoms with Crippen LogP contribution in [0.15, 0.2) is 51.7 Å². The van der Waals surface area contributed by atoms with Gasteiger partial charge in [-0.25, -0.2) is 4.98 Å². The van der Waals surface area contributed by atoms with Gasteiger partial charge < -0.3 is 4.90 Å². The average molecular weight is 359 g/mol. The number of para-hydroxylation sites is 1. The first-order valence-electron chi connectivity index (χ1n) is 7.41. The van der Waals surface area contributed by atoms with Gasteiger partial charge in [0.25, 0.3) is 5.56 Å². The van der Waals surface area contributed by atoms with E-state index >= 15 is 0 Å². The third kappa shape index (κ3) is 3.52. The Morgan fingerprint density at radius 1 is 1.29 bits per heavy atom. The Morgan fingerprint density at radius 3 is 2.83 bits per heavy atom. The molecule has 0 saturated heterocycles. The van der Waals surface area contributed by atoms with E-state index in [-0.39, 0.29) is 17.2 Å². The molecule has 0 N–H and O–H groups in total.